The quantitative estimate of drug-likeness (QED) is 0.583. The zero-order chi connectivity index (χ0) is 13.1. The first-order chi connectivity index (χ1) is 7.78. The predicted molar refractivity (Wildman–Crippen MR) is 66.7 cm³/mol. The molecule has 0 aliphatic carbocycles. The lowest BCUT2D eigenvalue weighted by molar-refractivity contribution is -0.132. The average molecular weight is 321 g/mol. The van der Waals surface area contributed by atoms with Gasteiger partial charge in [-0.25, -0.2) is 4.79 Å². The standard InChI is InChI=1S/C10H10BrO5P/c11-9-3-1-7(2-4-9)5-8(10(12)13)6-17(14,15)16/h1-5H,6H2,(H,12,13)(H2,14,15,16)/b8-5+. The van der Waals surface area contributed by atoms with Gasteiger partial charge in [-0.3, -0.25) is 4.57 Å². The number of halogens is 1. The molecule has 0 saturated carbocycles. The van der Waals surface area contributed by atoms with Crippen LogP contribution in [0.3, 0.4) is 0 Å². The summed E-state index contributed by atoms with van der Waals surface area (Å²) in [5, 5.41) is 8.83. The Kier molecular flexibility index (Phi) is 4.65. The molecule has 7 heteroatoms. The van der Waals surface area contributed by atoms with Crippen LogP contribution in [0.5, 0.6) is 0 Å². The number of aliphatic carboxylic acids is 1. The van der Waals surface area contributed by atoms with Gasteiger partial charge in [0.2, 0.25) is 0 Å². The average Bonchev–Trinajstić information content (AvgIpc) is 2.18. The van der Waals surface area contributed by atoms with Crippen LogP contribution in [0.4, 0.5) is 0 Å². The fourth-order valence-electron chi connectivity index (χ4n) is 1.16. The van der Waals surface area contributed by atoms with Crippen LogP contribution in [0.15, 0.2) is 34.3 Å². The molecule has 0 aliphatic heterocycles. The summed E-state index contributed by atoms with van der Waals surface area (Å²) in [5.74, 6) is -1.34. The number of hydrogen-bond acceptors (Lipinski definition) is 2. The Morgan fingerprint density at radius 2 is 1.82 bits per heavy atom. The second-order valence-corrected chi connectivity index (χ2v) is 5.91. The van der Waals surface area contributed by atoms with E-state index in [1.54, 1.807) is 24.3 Å². The Morgan fingerprint density at radius 1 is 1.29 bits per heavy atom. The van der Waals surface area contributed by atoms with Crippen LogP contribution in [0.25, 0.3) is 6.08 Å². The highest BCUT2D eigenvalue weighted by Gasteiger charge is 2.20. The molecule has 92 valence electrons. The summed E-state index contributed by atoms with van der Waals surface area (Å²) in [6, 6.07) is 6.71. The first-order valence-electron chi connectivity index (χ1n) is 4.52. The van der Waals surface area contributed by atoms with Crippen LogP contribution in [-0.2, 0) is 9.36 Å². The van der Waals surface area contributed by atoms with Gasteiger partial charge in [-0.05, 0) is 23.8 Å². The third-order valence-corrected chi connectivity index (χ3v) is 3.14. The van der Waals surface area contributed by atoms with Gasteiger partial charge in [0.25, 0.3) is 0 Å². The topological polar surface area (TPSA) is 94.8 Å². The van der Waals surface area contributed by atoms with Crippen LogP contribution in [0.1, 0.15) is 5.56 Å². The van der Waals surface area contributed by atoms with E-state index in [0.717, 1.165) is 4.47 Å². The maximum Gasteiger partial charge on any atom is 0.332 e. The highest BCUT2D eigenvalue weighted by atomic mass is 79.9. The molecule has 0 fully saturated rings. The number of rotatable bonds is 4. The molecule has 1 rings (SSSR count). The first kappa shape index (κ1) is 14.1. The monoisotopic (exact) mass is 320 g/mol. The summed E-state index contributed by atoms with van der Waals surface area (Å²) in [6.07, 6.45) is 0.465. The third kappa shape index (κ3) is 5.28. The summed E-state index contributed by atoms with van der Waals surface area (Å²) in [5.41, 5.74) is 0.250. The van der Waals surface area contributed by atoms with Crippen LogP contribution >= 0.6 is 23.5 Å². The van der Waals surface area contributed by atoms with E-state index in [2.05, 4.69) is 15.9 Å². The van der Waals surface area contributed by atoms with Crippen molar-refractivity contribution in [1.82, 2.24) is 0 Å². The Labute approximate surface area is 106 Å². The van der Waals surface area contributed by atoms with E-state index in [-0.39, 0.29) is 5.57 Å². The summed E-state index contributed by atoms with van der Waals surface area (Å²) < 4.78 is 11.6. The van der Waals surface area contributed by atoms with E-state index in [4.69, 9.17) is 14.9 Å². The second kappa shape index (κ2) is 5.60. The van der Waals surface area contributed by atoms with E-state index in [1.165, 1.54) is 6.08 Å². The van der Waals surface area contributed by atoms with Gasteiger partial charge in [0.05, 0.1) is 6.16 Å². The molecule has 1 aromatic carbocycles. The first-order valence-corrected chi connectivity index (χ1v) is 7.11. The van der Waals surface area contributed by atoms with Gasteiger partial charge in [-0.2, -0.15) is 0 Å². The van der Waals surface area contributed by atoms with Crippen molar-refractivity contribution in [2.75, 3.05) is 6.16 Å². The number of hydrogen-bond donors (Lipinski definition) is 3. The van der Waals surface area contributed by atoms with Crippen molar-refractivity contribution in [1.29, 1.82) is 0 Å². The van der Waals surface area contributed by atoms with Crippen molar-refractivity contribution in [3.8, 4) is 0 Å². The van der Waals surface area contributed by atoms with Crippen LogP contribution in [0.2, 0.25) is 0 Å². The molecule has 5 nitrogen and oxygen atoms in total. The summed E-state index contributed by atoms with van der Waals surface area (Å²) in [7, 11) is -4.38. The molecule has 17 heavy (non-hydrogen) atoms. The fourth-order valence-corrected chi connectivity index (χ4v) is 2.09. The number of benzene rings is 1. The normalized spacial score (nSPS) is 12.5. The highest BCUT2D eigenvalue weighted by Crippen LogP contribution is 2.37. The lowest BCUT2D eigenvalue weighted by Crippen LogP contribution is -2.05. The van der Waals surface area contributed by atoms with Gasteiger partial charge < -0.3 is 14.9 Å². The summed E-state index contributed by atoms with van der Waals surface area (Å²) >= 11 is 3.23. The smallest absolute Gasteiger partial charge is 0.332 e. The minimum Gasteiger partial charge on any atom is -0.478 e. The molecule has 0 heterocycles. The molecule has 3 N–H and O–H groups in total. The van der Waals surface area contributed by atoms with Gasteiger partial charge in [0.15, 0.2) is 0 Å². The Balaban J connectivity index is 3.02. The maximum absolute atomic E-state index is 10.8. The lowest BCUT2D eigenvalue weighted by Gasteiger charge is -2.04. The number of carboxylic acids is 1. The minimum atomic E-state index is -4.38. The van der Waals surface area contributed by atoms with Crippen LogP contribution in [-0.4, -0.2) is 27.0 Å². The molecular weight excluding hydrogens is 311 g/mol. The van der Waals surface area contributed by atoms with E-state index < -0.39 is 19.7 Å². The van der Waals surface area contributed by atoms with E-state index in [9.17, 15) is 9.36 Å². The molecule has 0 amide bonds. The Hall–Kier alpha value is -0.940. The van der Waals surface area contributed by atoms with Crippen molar-refractivity contribution in [2.24, 2.45) is 0 Å². The number of carboxylic acid groups (broad SMARTS) is 1. The summed E-state index contributed by atoms with van der Waals surface area (Å²) in [6.45, 7) is 0. The molecule has 0 atom stereocenters. The molecule has 0 saturated heterocycles. The van der Waals surface area contributed by atoms with E-state index in [0.29, 0.717) is 5.56 Å². The van der Waals surface area contributed by atoms with Crippen molar-refractivity contribution in [3.05, 3.63) is 39.9 Å². The van der Waals surface area contributed by atoms with Gasteiger partial charge in [0.1, 0.15) is 0 Å². The van der Waals surface area contributed by atoms with Gasteiger partial charge in [-0.1, -0.05) is 28.1 Å². The van der Waals surface area contributed by atoms with Crippen LogP contribution in [0, 0.1) is 0 Å². The largest absolute Gasteiger partial charge is 0.478 e. The minimum absolute atomic E-state index is 0.319. The SMILES string of the molecule is O=C(O)/C(=C/c1ccc(Br)cc1)CP(=O)(O)O. The van der Waals surface area contributed by atoms with Gasteiger partial charge in [0, 0.05) is 10.0 Å². The highest BCUT2D eigenvalue weighted by molar-refractivity contribution is 9.10. The number of carbonyl (C=O) groups is 1. The molecule has 1 aromatic rings. The molecule has 0 radical (unpaired) electrons. The zero-order valence-corrected chi connectivity index (χ0v) is 11.1. The molecule has 0 unspecified atom stereocenters. The summed E-state index contributed by atoms with van der Waals surface area (Å²) in [4.78, 5) is 28.3. The molecule has 0 spiro atoms. The molecular formula is C10H10BrO5P. The fraction of sp³-hybridized carbons (Fsp3) is 0.100. The predicted octanol–water partition coefficient (Wildman–Crippen LogP) is 2.09. The molecule has 0 aromatic heterocycles. The maximum atomic E-state index is 10.8. The Morgan fingerprint density at radius 3 is 2.24 bits per heavy atom. The van der Waals surface area contributed by atoms with Gasteiger partial charge in [-0.15, -0.1) is 0 Å². The van der Waals surface area contributed by atoms with E-state index >= 15 is 0 Å². The van der Waals surface area contributed by atoms with Crippen molar-refractivity contribution in [2.45, 2.75) is 0 Å². The lowest BCUT2D eigenvalue weighted by atomic mass is 10.1. The van der Waals surface area contributed by atoms with Crippen molar-refractivity contribution in [3.63, 3.8) is 0 Å². The van der Waals surface area contributed by atoms with Crippen molar-refractivity contribution < 1.29 is 24.3 Å². The Bertz CT molecular complexity index is 488. The zero-order valence-electron chi connectivity index (χ0n) is 8.58. The van der Waals surface area contributed by atoms with E-state index in [1.807, 2.05) is 0 Å². The molecule has 0 aliphatic rings. The van der Waals surface area contributed by atoms with Crippen LogP contribution < -0.4 is 0 Å². The molecule has 0 bridgehead atoms. The van der Waals surface area contributed by atoms with Crippen molar-refractivity contribution >= 4 is 35.6 Å². The van der Waals surface area contributed by atoms with Gasteiger partial charge >= 0.3 is 13.6 Å². The second-order valence-electron chi connectivity index (χ2n) is 3.35. The third-order valence-electron chi connectivity index (χ3n) is 1.86.